The number of thiol groups is 1. The zero-order valence-corrected chi connectivity index (χ0v) is 8.69. The molecule has 0 saturated carbocycles. The molecule has 14 heavy (non-hydrogen) atoms. The number of nitriles is 2. The Morgan fingerprint density at radius 2 is 2.00 bits per heavy atom. The Hall–Kier alpha value is -1.49. The summed E-state index contributed by atoms with van der Waals surface area (Å²) in [4.78, 5) is 0. The van der Waals surface area contributed by atoms with Gasteiger partial charge in [-0.25, -0.2) is 0 Å². The zero-order chi connectivity index (χ0) is 10.1. The zero-order valence-electron chi connectivity index (χ0n) is 6.98. The van der Waals surface area contributed by atoms with Gasteiger partial charge in [0.15, 0.2) is 0 Å². The van der Waals surface area contributed by atoms with E-state index in [1.807, 2.05) is 18.2 Å². The average Bonchev–Trinajstić information content (AvgIpc) is 2.56. The fourth-order valence-electron chi connectivity index (χ4n) is 1.29. The first kappa shape index (κ1) is 9.08. The molecule has 0 unspecified atom stereocenters. The molecule has 0 saturated heterocycles. The van der Waals surface area contributed by atoms with Crippen LogP contribution in [0.5, 0.6) is 0 Å². The summed E-state index contributed by atoms with van der Waals surface area (Å²) in [6.45, 7) is 0. The first-order valence-electron chi connectivity index (χ1n) is 3.82. The van der Waals surface area contributed by atoms with Crippen molar-refractivity contribution in [1.29, 1.82) is 10.5 Å². The van der Waals surface area contributed by atoms with Gasteiger partial charge in [0.05, 0.1) is 20.0 Å². The van der Waals surface area contributed by atoms with E-state index in [0.29, 0.717) is 11.1 Å². The average molecular weight is 216 g/mol. The van der Waals surface area contributed by atoms with E-state index in [9.17, 15) is 0 Å². The van der Waals surface area contributed by atoms with E-state index in [1.165, 1.54) is 11.3 Å². The van der Waals surface area contributed by atoms with Gasteiger partial charge in [-0.15, -0.1) is 24.0 Å². The minimum Gasteiger partial charge on any atom is -0.192 e. The third-order valence-corrected chi connectivity index (χ3v) is 3.28. The van der Waals surface area contributed by atoms with Crippen molar-refractivity contribution in [2.24, 2.45) is 0 Å². The second-order valence-electron chi connectivity index (χ2n) is 2.71. The number of nitrogens with zero attached hydrogens (tertiary/aromatic N) is 2. The van der Waals surface area contributed by atoms with E-state index < -0.39 is 0 Å². The summed E-state index contributed by atoms with van der Waals surface area (Å²) in [6.07, 6.45) is 0. The van der Waals surface area contributed by atoms with Gasteiger partial charge in [0.2, 0.25) is 0 Å². The second kappa shape index (κ2) is 3.34. The van der Waals surface area contributed by atoms with Gasteiger partial charge in [-0.2, -0.15) is 10.5 Å². The Labute approximate surface area is 90.4 Å². The molecular weight excluding hydrogens is 212 g/mol. The van der Waals surface area contributed by atoms with Crippen molar-refractivity contribution in [2.75, 3.05) is 0 Å². The quantitative estimate of drug-likeness (QED) is 0.688. The van der Waals surface area contributed by atoms with Gasteiger partial charge in [-0.3, -0.25) is 0 Å². The van der Waals surface area contributed by atoms with Crippen molar-refractivity contribution in [3.05, 3.63) is 29.3 Å². The van der Waals surface area contributed by atoms with Crippen molar-refractivity contribution >= 4 is 34.1 Å². The lowest BCUT2D eigenvalue weighted by Gasteiger charge is -1.94. The topological polar surface area (TPSA) is 47.6 Å². The van der Waals surface area contributed by atoms with Crippen LogP contribution in [0.15, 0.2) is 22.4 Å². The van der Waals surface area contributed by atoms with Crippen LogP contribution in [0, 0.1) is 22.7 Å². The molecule has 2 aromatic rings. The van der Waals surface area contributed by atoms with Crippen molar-refractivity contribution in [3.8, 4) is 12.1 Å². The number of hydrogen-bond acceptors (Lipinski definition) is 4. The lowest BCUT2D eigenvalue weighted by Crippen LogP contribution is -1.82. The summed E-state index contributed by atoms with van der Waals surface area (Å²) in [5, 5.41) is 18.7. The molecule has 0 spiro atoms. The van der Waals surface area contributed by atoms with Crippen LogP contribution in [0.1, 0.15) is 11.1 Å². The SMILES string of the molecule is N#Cc1ccc2cc(S)sc2c1C#N. The molecule has 1 heterocycles. The molecule has 0 radical (unpaired) electrons. The van der Waals surface area contributed by atoms with Crippen molar-refractivity contribution in [3.63, 3.8) is 0 Å². The minimum absolute atomic E-state index is 0.426. The largest absolute Gasteiger partial charge is 0.192 e. The van der Waals surface area contributed by atoms with Gasteiger partial charge in [0.25, 0.3) is 0 Å². The third-order valence-electron chi connectivity index (χ3n) is 1.91. The van der Waals surface area contributed by atoms with Crippen LogP contribution >= 0.6 is 24.0 Å². The van der Waals surface area contributed by atoms with Gasteiger partial charge in [0.1, 0.15) is 12.1 Å². The molecule has 0 bridgehead atoms. The summed E-state index contributed by atoms with van der Waals surface area (Å²) in [7, 11) is 0. The van der Waals surface area contributed by atoms with Gasteiger partial charge in [-0.05, 0) is 17.5 Å². The summed E-state index contributed by atoms with van der Waals surface area (Å²) >= 11 is 5.64. The van der Waals surface area contributed by atoms with Crippen molar-refractivity contribution in [1.82, 2.24) is 0 Å². The first-order chi connectivity index (χ1) is 6.76. The van der Waals surface area contributed by atoms with E-state index >= 15 is 0 Å². The summed E-state index contributed by atoms with van der Waals surface area (Å²) < 4.78 is 1.70. The molecule has 0 atom stereocenters. The molecule has 2 nitrogen and oxygen atoms in total. The van der Waals surface area contributed by atoms with Gasteiger partial charge >= 0.3 is 0 Å². The van der Waals surface area contributed by atoms with Gasteiger partial charge in [-0.1, -0.05) is 6.07 Å². The monoisotopic (exact) mass is 216 g/mol. The molecule has 0 N–H and O–H groups in total. The molecule has 1 aromatic carbocycles. The molecule has 0 aliphatic heterocycles. The Morgan fingerprint density at radius 1 is 1.21 bits per heavy atom. The van der Waals surface area contributed by atoms with E-state index in [0.717, 1.165) is 14.3 Å². The van der Waals surface area contributed by atoms with Crippen LogP contribution in [0.3, 0.4) is 0 Å². The van der Waals surface area contributed by atoms with Crippen LogP contribution < -0.4 is 0 Å². The van der Waals surface area contributed by atoms with Crippen LogP contribution in [0.25, 0.3) is 10.1 Å². The molecule has 2 rings (SSSR count). The molecule has 0 aliphatic carbocycles. The molecular formula is C10H4N2S2. The maximum absolute atomic E-state index is 8.94. The van der Waals surface area contributed by atoms with Crippen LogP contribution in [0.4, 0.5) is 0 Å². The number of thiophene rings is 1. The summed E-state index contributed by atoms with van der Waals surface area (Å²) in [6, 6.07) is 9.46. The maximum atomic E-state index is 8.94. The highest BCUT2D eigenvalue weighted by atomic mass is 32.2. The van der Waals surface area contributed by atoms with Crippen LogP contribution in [-0.2, 0) is 0 Å². The Bertz CT molecular complexity index is 584. The van der Waals surface area contributed by atoms with Crippen LogP contribution in [0.2, 0.25) is 0 Å². The number of rotatable bonds is 0. The summed E-state index contributed by atoms with van der Waals surface area (Å²) in [5.74, 6) is 0. The van der Waals surface area contributed by atoms with Gasteiger partial charge in [0, 0.05) is 0 Å². The third kappa shape index (κ3) is 1.26. The normalized spacial score (nSPS) is 9.64. The molecule has 0 fully saturated rings. The van der Waals surface area contributed by atoms with E-state index in [2.05, 4.69) is 18.7 Å². The molecule has 4 heteroatoms. The Kier molecular flexibility index (Phi) is 2.17. The maximum Gasteiger partial charge on any atom is 0.102 e. The van der Waals surface area contributed by atoms with Crippen molar-refractivity contribution < 1.29 is 0 Å². The highest BCUT2D eigenvalue weighted by Crippen LogP contribution is 2.32. The molecule has 0 aliphatic rings. The molecule has 66 valence electrons. The first-order valence-corrected chi connectivity index (χ1v) is 5.08. The Morgan fingerprint density at radius 3 is 2.64 bits per heavy atom. The smallest absolute Gasteiger partial charge is 0.102 e. The fourth-order valence-corrected chi connectivity index (χ4v) is 2.60. The second-order valence-corrected chi connectivity index (χ2v) is 4.55. The standard InChI is InChI=1S/C10H4N2S2/c11-4-7-2-1-6-3-9(13)14-10(6)8(7)5-12/h1-3,13H. The van der Waals surface area contributed by atoms with Gasteiger partial charge < -0.3 is 0 Å². The lowest BCUT2D eigenvalue weighted by molar-refractivity contribution is 1.46. The fraction of sp³-hybridized carbons (Fsp3) is 0. The molecule has 1 aromatic heterocycles. The highest BCUT2D eigenvalue weighted by Gasteiger charge is 2.09. The Balaban J connectivity index is 2.93. The van der Waals surface area contributed by atoms with E-state index in [4.69, 9.17) is 10.5 Å². The van der Waals surface area contributed by atoms with Crippen molar-refractivity contribution in [2.45, 2.75) is 4.21 Å². The predicted molar refractivity (Wildman–Crippen MR) is 58.5 cm³/mol. The lowest BCUT2D eigenvalue weighted by atomic mass is 10.1. The summed E-state index contributed by atoms with van der Waals surface area (Å²) in [5.41, 5.74) is 0.880. The van der Waals surface area contributed by atoms with E-state index in [-0.39, 0.29) is 0 Å². The number of hydrogen-bond donors (Lipinski definition) is 1. The molecule has 0 amide bonds. The highest BCUT2D eigenvalue weighted by molar-refractivity contribution is 7.83. The number of benzene rings is 1. The van der Waals surface area contributed by atoms with Crippen LogP contribution in [-0.4, -0.2) is 0 Å². The minimum atomic E-state index is 0.426. The van der Waals surface area contributed by atoms with E-state index in [1.54, 1.807) is 6.07 Å². The predicted octanol–water partition coefficient (Wildman–Crippen LogP) is 2.93. The number of fused-ring (bicyclic) bond motifs is 1.